The van der Waals surface area contributed by atoms with E-state index >= 15 is 0 Å². The molecule has 1 heterocycles. The Hall–Kier alpha value is -2.48. The monoisotopic (exact) mass is 360 g/mol. The number of benzene rings is 1. The molecular formula is C17H20N4O3S. The fourth-order valence-corrected chi connectivity index (χ4v) is 3.01. The maximum Gasteiger partial charge on any atom is 0.286 e. The molecule has 2 N–H and O–H groups in total. The van der Waals surface area contributed by atoms with Gasteiger partial charge in [0.05, 0.1) is 7.11 Å². The van der Waals surface area contributed by atoms with Crippen molar-refractivity contribution in [3.8, 4) is 5.75 Å². The third-order valence-corrected chi connectivity index (χ3v) is 4.73. The van der Waals surface area contributed by atoms with E-state index in [9.17, 15) is 9.59 Å². The smallest absolute Gasteiger partial charge is 0.286 e. The molecule has 8 heteroatoms. The summed E-state index contributed by atoms with van der Waals surface area (Å²) in [5, 5.41) is 14.8. The van der Waals surface area contributed by atoms with Gasteiger partial charge in [-0.3, -0.25) is 9.59 Å². The molecule has 0 saturated heterocycles. The first-order valence-corrected chi connectivity index (χ1v) is 9.03. The van der Waals surface area contributed by atoms with Gasteiger partial charge in [0, 0.05) is 24.6 Å². The molecule has 7 nitrogen and oxygen atoms in total. The molecule has 2 amide bonds. The van der Waals surface area contributed by atoms with Crippen molar-refractivity contribution in [2.24, 2.45) is 0 Å². The zero-order valence-corrected chi connectivity index (χ0v) is 14.8. The van der Waals surface area contributed by atoms with Crippen molar-refractivity contribution in [2.45, 2.75) is 38.1 Å². The molecule has 0 aliphatic heterocycles. The van der Waals surface area contributed by atoms with E-state index in [2.05, 4.69) is 20.8 Å². The van der Waals surface area contributed by atoms with Crippen LogP contribution in [0.2, 0.25) is 0 Å². The number of carbonyl (C=O) groups is 2. The van der Waals surface area contributed by atoms with Crippen molar-refractivity contribution in [3.63, 3.8) is 0 Å². The van der Waals surface area contributed by atoms with Gasteiger partial charge in [0.15, 0.2) is 0 Å². The fraction of sp³-hybridized carbons (Fsp3) is 0.412. The Bertz CT molecular complexity index is 741. The molecule has 132 valence electrons. The van der Waals surface area contributed by atoms with Crippen molar-refractivity contribution in [1.82, 2.24) is 15.5 Å². The highest BCUT2D eigenvalue weighted by Crippen LogP contribution is 2.20. The van der Waals surface area contributed by atoms with Crippen molar-refractivity contribution < 1.29 is 14.3 Å². The lowest BCUT2D eigenvalue weighted by Gasteiger charge is -2.04. The Kier molecular flexibility index (Phi) is 5.60. The van der Waals surface area contributed by atoms with Crippen molar-refractivity contribution in [1.29, 1.82) is 0 Å². The summed E-state index contributed by atoms with van der Waals surface area (Å²) in [4.78, 5) is 23.8. The second kappa shape index (κ2) is 8.06. The molecule has 0 atom stereocenters. The Morgan fingerprint density at radius 3 is 2.68 bits per heavy atom. The van der Waals surface area contributed by atoms with E-state index in [0.717, 1.165) is 23.6 Å². The first kappa shape index (κ1) is 17.3. The second-order valence-electron chi connectivity index (χ2n) is 5.88. The Balaban J connectivity index is 1.46. The fourth-order valence-electron chi connectivity index (χ4n) is 2.23. The number of rotatable bonds is 8. The van der Waals surface area contributed by atoms with Crippen LogP contribution in [-0.4, -0.2) is 35.2 Å². The number of hydrogen-bond donors (Lipinski definition) is 2. The minimum Gasteiger partial charge on any atom is -0.497 e. The number of amides is 2. The topological polar surface area (TPSA) is 93.2 Å². The molecule has 1 aliphatic rings. The zero-order valence-electron chi connectivity index (χ0n) is 13.9. The molecule has 1 aromatic carbocycles. The molecular weight excluding hydrogens is 340 g/mol. The lowest BCUT2D eigenvalue weighted by molar-refractivity contribution is -0.121. The molecule has 1 aromatic heterocycles. The van der Waals surface area contributed by atoms with E-state index in [1.807, 2.05) is 0 Å². The minimum atomic E-state index is -0.291. The van der Waals surface area contributed by atoms with Crippen LogP contribution in [0, 0.1) is 0 Å². The highest BCUT2D eigenvalue weighted by atomic mass is 32.1. The molecule has 0 radical (unpaired) electrons. The first-order valence-electron chi connectivity index (χ1n) is 8.21. The lowest BCUT2D eigenvalue weighted by Crippen LogP contribution is -2.24. The van der Waals surface area contributed by atoms with Gasteiger partial charge in [-0.1, -0.05) is 11.3 Å². The largest absolute Gasteiger partial charge is 0.497 e. The molecule has 0 spiro atoms. The summed E-state index contributed by atoms with van der Waals surface area (Å²) >= 11 is 1.26. The molecule has 3 rings (SSSR count). The van der Waals surface area contributed by atoms with Crippen molar-refractivity contribution in [3.05, 3.63) is 34.3 Å². The summed E-state index contributed by atoms with van der Waals surface area (Å²) in [7, 11) is 1.59. The van der Waals surface area contributed by atoms with Gasteiger partial charge in [-0.25, -0.2) is 0 Å². The number of ether oxygens (including phenoxy) is 1. The lowest BCUT2D eigenvalue weighted by atomic mass is 10.2. The van der Waals surface area contributed by atoms with Crippen LogP contribution < -0.4 is 15.4 Å². The number of nitrogens with zero attached hydrogens (tertiary/aromatic N) is 2. The van der Waals surface area contributed by atoms with Gasteiger partial charge in [-0.2, -0.15) is 0 Å². The number of aryl methyl sites for hydroxylation is 1. The van der Waals surface area contributed by atoms with Gasteiger partial charge >= 0.3 is 0 Å². The van der Waals surface area contributed by atoms with Crippen LogP contribution in [0.4, 0.5) is 5.69 Å². The number of hydrogen-bond acceptors (Lipinski definition) is 6. The maximum atomic E-state index is 12.2. The molecule has 25 heavy (non-hydrogen) atoms. The van der Waals surface area contributed by atoms with Gasteiger partial charge in [0.1, 0.15) is 10.8 Å². The van der Waals surface area contributed by atoms with Gasteiger partial charge in [0.2, 0.25) is 10.9 Å². The van der Waals surface area contributed by atoms with E-state index in [-0.39, 0.29) is 11.8 Å². The molecule has 1 fully saturated rings. The van der Waals surface area contributed by atoms with Gasteiger partial charge in [-0.15, -0.1) is 10.2 Å². The maximum absolute atomic E-state index is 12.2. The molecule has 0 bridgehead atoms. The summed E-state index contributed by atoms with van der Waals surface area (Å²) < 4.78 is 5.08. The highest BCUT2D eigenvalue weighted by molar-refractivity contribution is 7.13. The van der Waals surface area contributed by atoms with E-state index in [4.69, 9.17) is 4.74 Å². The number of methoxy groups -OCH3 is 1. The van der Waals surface area contributed by atoms with Crippen LogP contribution in [0.5, 0.6) is 5.75 Å². The number of anilines is 1. The summed E-state index contributed by atoms with van der Waals surface area (Å²) in [6, 6.07) is 7.46. The predicted molar refractivity (Wildman–Crippen MR) is 95.0 cm³/mol. The second-order valence-corrected chi connectivity index (χ2v) is 6.94. The van der Waals surface area contributed by atoms with Gasteiger partial charge in [-0.05, 0) is 43.5 Å². The molecule has 2 aromatic rings. The quantitative estimate of drug-likeness (QED) is 0.754. The zero-order chi connectivity index (χ0) is 17.6. The molecule has 1 aliphatic carbocycles. The molecule has 0 unspecified atom stereocenters. The Labute approximate surface area is 149 Å². The van der Waals surface area contributed by atoms with Crippen LogP contribution in [0.3, 0.4) is 0 Å². The van der Waals surface area contributed by atoms with E-state index in [1.165, 1.54) is 11.3 Å². The summed E-state index contributed by atoms with van der Waals surface area (Å²) in [6.45, 7) is 0. The van der Waals surface area contributed by atoms with Crippen LogP contribution in [0.15, 0.2) is 24.3 Å². The van der Waals surface area contributed by atoms with Crippen LogP contribution in [-0.2, 0) is 11.2 Å². The standard InChI is InChI=1S/C17H20N4O3S/c1-24-13-9-7-12(8-10-13)19-16(23)17-21-20-15(25-17)4-2-3-14(22)18-11-5-6-11/h7-11H,2-6H2,1H3,(H,18,22)(H,19,23). The van der Waals surface area contributed by atoms with Crippen LogP contribution in [0.25, 0.3) is 0 Å². The van der Waals surface area contributed by atoms with E-state index in [0.29, 0.717) is 36.0 Å². The number of aromatic nitrogens is 2. The SMILES string of the molecule is COc1ccc(NC(=O)c2nnc(CCCC(=O)NC3CC3)s2)cc1. The van der Waals surface area contributed by atoms with Crippen LogP contribution in [0.1, 0.15) is 40.5 Å². The summed E-state index contributed by atoms with van der Waals surface area (Å²) in [5.41, 5.74) is 0.666. The Morgan fingerprint density at radius 1 is 1.24 bits per heavy atom. The van der Waals surface area contributed by atoms with E-state index in [1.54, 1.807) is 31.4 Å². The first-order chi connectivity index (χ1) is 12.1. The number of carbonyl (C=O) groups excluding carboxylic acids is 2. The van der Waals surface area contributed by atoms with Crippen molar-refractivity contribution in [2.75, 3.05) is 12.4 Å². The number of nitrogens with one attached hydrogen (secondary N) is 2. The van der Waals surface area contributed by atoms with Gasteiger partial charge in [0.25, 0.3) is 5.91 Å². The van der Waals surface area contributed by atoms with E-state index < -0.39 is 0 Å². The predicted octanol–water partition coefficient (Wildman–Crippen LogP) is 2.40. The highest BCUT2D eigenvalue weighted by Gasteiger charge is 2.22. The Morgan fingerprint density at radius 2 is 2.00 bits per heavy atom. The van der Waals surface area contributed by atoms with Crippen LogP contribution >= 0.6 is 11.3 Å². The minimum absolute atomic E-state index is 0.0875. The third kappa shape index (κ3) is 5.25. The third-order valence-electron chi connectivity index (χ3n) is 3.75. The normalized spacial score (nSPS) is 13.3. The average molecular weight is 360 g/mol. The average Bonchev–Trinajstić information content (AvgIpc) is 3.29. The van der Waals surface area contributed by atoms with Gasteiger partial charge < -0.3 is 15.4 Å². The summed E-state index contributed by atoms with van der Waals surface area (Å²) in [6.07, 6.45) is 4.01. The van der Waals surface area contributed by atoms with Crippen molar-refractivity contribution >= 4 is 28.8 Å². The molecule has 1 saturated carbocycles. The summed E-state index contributed by atoms with van der Waals surface area (Å²) in [5.74, 6) is 0.520.